The molecule has 6 heteroatoms. The number of aliphatic hydroxyl groups excluding tert-OH is 2. The van der Waals surface area contributed by atoms with Crippen molar-refractivity contribution in [2.45, 2.75) is 18.8 Å². The number of ether oxygens (including phenoxy) is 2. The molecule has 6 nitrogen and oxygen atoms in total. The van der Waals surface area contributed by atoms with Crippen LogP contribution in [-0.4, -0.2) is 36.1 Å². The second-order valence-electron chi connectivity index (χ2n) is 6.36. The lowest BCUT2D eigenvalue weighted by molar-refractivity contribution is 0.0192. The number of hydrogen-bond donors (Lipinski definition) is 3. The first-order valence-electron chi connectivity index (χ1n) is 8.96. The molecule has 0 spiro atoms. The zero-order chi connectivity index (χ0) is 19.9. The summed E-state index contributed by atoms with van der Waals surface area (Å²) in [5.74, 6) is 0.684. The molecule has 0 saturated heterocycles. The summed E-state index contributed by atoms with van der Waals surface area (Å²) in [6.45, 7) is -0.0103. The van der Waals surface area contributed by atoms with Crippen LogP contribution in [-0.2, 0) is 11.3 Å². The highest BCUT2D eigenvalue weighted by Crippen LogP contribution is 2.32. The van der Waals surface area contributed by atoms with Gasteiger partial charge in [-0.2, -0.15) is 0 Å². The van der Waals surface area contributed by atoms with E-state index in [2.05, 4.69) is 5.32 Å². The van der Waals surface area contributed by atoms with E-state index in [4.69, 9.17) is 9.47 Å². The number of fused-ring (bicyclic) bond motifs is 1. The Hall–Kier alpha value is -3.09. The molecule has 0 bridgehead atoms. The van der Waals surface area contributed by atoms with Crippen molar-refractivity contribution in [3.8, 4) is 5.75 Å². The molecule has 0 heterocycles. The molecule has 0 fully saturated rings. The zero-order valence-corrected chi connectivity index (χ0v) is 15.5. The Morgan fingerprint density at radius 3 is 2.36 bits per heavy atom. The molecule has 0 aliphatic rings. The first kappa shape index (κ1) is 19.7. The molecular formula is C22H23NO5. The van der Waals surface area contributed by atoms with Crippen LogP contribution < -0.4 is 10.1 Å². The van der Waals surface area contributed by atoms with Crippen molar-refractivity contribution in [1.82, 2.24) is 5.32 Å². The standard InChI is InChI=1S/C22H23NO5/c1-27-20-12-11-18(16-9-5-6-10-17(16)20)21(25)19(24)13-23-22(26)28-14-15-7-3-2-4-8-15/h2-12,19,21,24-25H,13-14H2,1H3,(H,23,26). The lowest BCUT2D eigenvalue weighted by atomic mass is 9.96. The van der Waals surface area contributed by atoms with Crippen molar-refractivity contribution >= 4 is 16.9 Å². The second-order valence-corrected chi connectivity index (χ2v) is 6.36. The van der Waals surface area contributed by atoms with Crippen molar-refractivity contribution in [3.05, 3.63) is 77.9 Å². The monoisotopic (exact) mass is 381 g/mol. The maximum absolute atomic E-state index is 11.8. The molecule has 2 atom stereocenters. The summed E-state index contributed by atoms with van der Waals surface area (Å²) in [5, 5.41) is 25.0. The van der Waals surface area contributed by atoms with Crippen LogP contribution in [0, 0.1) is 0 Å². The molecule has 2 unspecified atom stereocenters. The Bertz CT molecular complexity index is 929. The minimum Gasteiger partial charge on any atom is -0.496 e. The average molecular weight is 381 g/mol. The largest absolute Gasteiger partial charge is 0.496 e. The maximum atomic E-state index is 11.8. The van der Waals surface area contributed by atoms with E-state index >= 15 is 0 Å². The molecule has 3 rings (SSSR count). The Morgan fingerprint density at radius 1 is 0.964 bits per heavy atom. The van der Waals surface area contributed by atoms with E-state index < -0.39 is 18.3 Å². The van der Waals surface area contributed by atoms with Crippen LogP contribution in [0.3, 0.4) is 0 Å². The fourth-order valence-corrected chi connectivity index (χ4v) is 3.01. The third-order valence-electron chi connectivity index (χ3n) is 4.49. The van der Waals surface area contributed by atoms with Crippen LogP contribution in [0.5, 0.6) is 5.75 Å². The molecule has 146 valence electrons. The molecule has 0 aromatic heterocycles. The Labute approximate surface area is 163 Å². The summed E-state index contributed by atoms with van der Waals surface area (Å²) in [6.07, 6.45) is -3.03. The third-order valence-corrected chi connectivity index (χ3v) is 4.49. The van der Waals surface area contributed by atoms with Crippen molar-refractivity contribution < 1.29 is 24.5 Å². The number of aliphatic hydroxyl groups is 2. The summed E-state index contributed by atoms with van der Waals surface area (Å²) in [4.78, 5) is 11.8. The Kier molecular flexibility index (Phi) is 6.47. The molecular weight excluding hydrogens is 358 g/mol. The van der Waals surface area contributed by atoms with Crippen LogP contribution >= 0.6 is 0 Å². The van der Waals surface area contributed by atoms with Gasteiger partial charge in [0.2, 0.25) is 0 Å². The summed E-state index contributed by atoms with van der Waals surface area (Å²) >= 11 is 0. The van der Waals surface area contributed by atoms with E-state index in [-0.39, 0.29) is 13.2 Å². The molecule has 3 aromatic carbocycles. The van der Waals surface area contributed by atoms with Crippen LogP contribution in [0.2, 0.25) is 0 Å². The summed E-state index contributed by atoms with van der Waals surface area (Å²) < 4.78 is 10.5. The van der Waals surface area contributed by atoms with Gasteiger partial charge in [-0.05, 0) is 22.6 Å². The number of carbonyl (C=O) groups excluding carboxylic acids is 1. The lowest BCUT2D eigenvalue weighted by Gasteiger charge is -2.21. The van der Waals surface area contributed by atoms with E-state index in [1.807, 2.05) is 54.6 Å². The third kappa shape index (κ3) is 4.60. The zero-order valence-electron chi connectivity index (χ0n) is 15.5. The molecule has 3 aromatic rings. The van der Waals surface area contributed by atoms with E-state index in [1.54, 1.807) is 19.2 Å². The van der Waals surface area contributed by atoms with E-state index in [0.29, 0.717) is 11.3 Å². The summed E-state index contributed by atoms with van der Waals surface area (Å²) in [5.41, 5.74) is 1.42. The van der Waals surface area contributed by atoms with Crippen molar-refractivity contribution in [1.29, 1.82) is 0 Å². The highest BCUT2D eigenvalue weighted by molar-refractivity contribution is 5.91. The first-order chi connectivity index (χ1) is 13.6. The van der Waals surface area contributed by atoms with E-state index in [1.165, 1.54) is 0 Å². The predicted octanol–water partition coefficient (Wildman–Crippen LogP) is 3.17. The SMILES string of the molecule is COc1ccc(C(O)C(O)CNC(=O)OCc2ccccc2)c2ccccc12. The van der Waals surface area contributed by atoms with Gasteiger partial charge in [0.1, 0.15) is 24.6 Å². The molecule has 28 heavy (non-hydrogen) atoms. The van der Waals surface area contributed by atoms with Gasteiger partial charge in [-0.3, -0.25) is 0 Å². The Morgan fingerprint density at radius 2 is 1.64 bits per heavy atom. The number of hydrogen-bond acceptors (Lipinski definition) is 5. The van der Waals surface area contributed by atoms with Gasteiger partial charge in [-0.15, -0.1) is 0 Å². The van der Waals surface area contributed by atoms with Gasteiger partial charge in [0.15, 0.2) is 0 Å². The van der Waals surface area contributed by atoms with Crippen LogP contribution in [0.4, 0.5) is 4.79 Å². The highest BCUT2D eigenvalue weighted by Gasteiger charge is 2.22. The number of rotatable bonds is 7. The van der Waals surface area contributed by atoms with Crippen molar-refractivity contribution in [2.24, 2.45) is 0 Å². The minimum absolute atomic E-state index is 0.133. The quantitative estimate of drug-likeness (QED) is 0.585. The van der Waals surface area contributed by atoms with Crippen molar-refractivity contribution in [3.63, 3.8) is 0 Å². The van der Waals surface area contributed by atoms with Gasteiger partial charge in [0.25, 0.3) is 0 Å². The fraction of sp³-hybridized carbons (Fsp3) is 0.227. The Balaban J connectivity index is 1.61. The summed E-state index contributed by atoms with van der Waals surface area (Å²) in [6, 6.07) is 20.2. The van der Waals surface area contributed by atoms with E-state index in [9.17, 15) is 15.0 Å². The molecule has 0 saturated carbocycles. The number of alkyl carbamates (subject to hydrolysis) is 1. The lowest BCUT2D eigenvalue weighted by Crippen LogP contribution is -2.35. The van der Waals surface area contributed by atoms with Gasteiger partial charge >= 0.3 is 6.09 Å². The highest BCUT2D eigenvalue weighted by atomic mass is 16.5. The summed E-state index contributed by atoms with van der Waals surface area (Å²) in [7, 11) is 1.58. The predicted molar refractivity (Wildman–Crippen MR) is 106 cm³/mol. The van der Waals surface area contributed by atoms with Gasteiger partial charge in [0, 0.05) is 11.9 Å². The average Bonchev–Trinajstić information content (AvgIpc) is 2.75. The van der Waals surface area contributed by atoms with Crippen LogP contribution in [0.15, 0.2) is 66.7 Å². The van der Waals surface area contributed by atoms with Crippen LogP contribution in [0.1, 0.15) is 17.2 Å². The van der Waals surface area contributed by atoms with Gasteiger partial charge in [-0.25, -0.2) is 4.79 Å². The van der Waals surface area contributed by atoms with Crippen molar-refractivity contribution in [2.75, 3.05) is 13.7 Å². The number of benzene rings is 3. The minimum atomic E-state index is -1.19. The first-order valence-corrected chi connectivity index (χ1v) is 8.96. The smallest absolute Gasteiger partial charge is 0.407 e. The topological polar surface area (TPSA) is 88.0 Å². The van der Waals surface area contributed by atoms with Gasteiger partial charge in [0.05, 0.1) is 7.11 Å². The number of nitrogens with one attached hydrogen (secondary N) is 1. The molecule has 0 aliphatic heterocycles. The molecule has 1 amide bonds. The fourth-order valence-electron chi connectivity index (χ4n) is 3.01. The van der Waals surface area contributed by atoms with Gasteiger partial charge < -0.3 is 25.0 Å². The molecule has 0 aliphatic carbocycles. The maximum Gasteiger partial charge on any atom is 0.407 e. The number of carbonyl (C=O) groups is 1. The number of amides is 1. The van der Waals surface area contributed by atoms with E-state index in [0.717, 1.165) is 16.3 Å². The van der Waals surface area contributed by atoms with Gasteiger partial charge in [-0.1, -0.05) is 60.7 Å². The number of methoxy groups -OCH3 is 1. The second kappa shape index (κ2) is 9.21. The molecule has 3 N–H and O–H groups in total. The van der Waals surface area contributed by atoms with Crippen LogP contribution in [0.25, 0.3) is 10.8 Å². The molecule has 0 radical (unpaired) electrons. The normalized spacial score (nSPS) is 13.0.